The van der Waals surface area contributed by atoms with Gasteiger partial charge in [0.05, 0.1) is 29.8 Å². The van der Waals surface area contributed by atoms with Crippen molar-refractivity contribution in [2.45, 2.75) is 26.4 Å². The number of nitrogens with one attached hydrogen (secondary N) is 1. The van der Waals surface area contributed by atoms with E-state index in [0.717, 1.165) is 10.1 Å². The number of esters is 1. The van der Waals surface area contributed by atoms with Gasteiger partial charge in [0.25, 0.3) is 5.56 Å². The molecule has 2 aromatic carbocycles. The predicted molar refractivity (Wildman–Crippen MR) is 131 cm³/mol. The normalized spacial score (nSPS) is 11.7. The molecule has 1 atom stereocenters. The fourth-order valence-corrected chi connectivity index (χ4v) is 3.94. The Morgan fingerprint density at radius 1 is 1.03 bits per heavy atom. The molecule has 9 nitrogen and oxygen atoms in total. The molecule has 2 heterocycles. The number of fused-ring (bicyclic) bond motifs is 1. The number of rotatable bonds is 6. The molecular formula is C26H24N4O5. The van der Waals surface area contributed by atoms with Crippen LogP contribution >= 0.6 is 0 Å². The SMILES string of the molecule is COC(=O)c1cc(C)nc2c1c(=O)n(CC(=O)NC(C)c1ccccc1)c(=O)n2-c1ccccc1. The summed E-state index contributed by atoms with van der Waals surface area (Å²) in [4.78, 5) is 56.9. The van der Waals surface area contributed by atoms with Crippen LogP contribution < -0.4 is 16.6 Å². The topological polar surface area (TPSA) is 112 Å². The molecule has 4 rings (SSSR count). The summed E-state index contributed by atoms with van der Waals surface area (Å²) in [7, 11) is 1.20. The van der Waals surface area contributed by atoms with Crippen molar-refractivity contribution >= 4 is 22.9 Å². The number of hydrogen-bond acceptors (Lipinski definition) is 6. The van der Waals surface area contributed by atoms with Crippen LogP contribution in [0.1, 0.15) is 34.6 Å². The third kappa shape index (κ3) is 4.61. The molecule has 35 heavy (non-hydrogen) atoms. The molecule has 0 fully saturated rings. The molecule has 0 radical (unpaired) electrons. The largest absolute Gasteiger partial charge is 0.465 e. The van der Waals surface area contributed by atoms with Gasteiger partial charge >= 0.3 is 11.7 Å². The zero-order valence-electron chi connectivity index (χ0n) is 19.5. The molecule has 1 amide bonds. The number of carbonyl (C=O) groups is 2. The Morgan fingerprint density at radius 3 is 2.29 bits per heavy atom. The molecule has 0 saturated heterocycles. The molecule has 1 N–H and O–H groups in total. The molecule has 0 aliphatic heterocycles. The lowest BCUT2D eigenvalue weighted by Gasteiger charge is -2.17. The predicted octanol–water partition coefficient (Wildman–Crippen LogP) is 2.52. The summed E-state index contributed by atoms with van der Waals surface area (Å²) >= 11 is 0. The molecule has 0 aliphatic rings. The van der Waals surface area contributed by atoms with Crippen molar-refractivity contribution in [3.05, 3.63) is 104 Å². The molecule has 9 heteroatoms. The summed E-state index contributed by atoms with van der Waals surface area (Å²) in [5, 5.41) is 2.71. The van der Waals surface area contributed by atoms with Crippen LogP contribution in [-0.4, -0.2) is 33.1 Å². The number of carbonyl (C=O) groups excluding carboxylic acids is 2. The van der Waals surface area contributed by atoms with Crippen LogP contribution in [0.5, 0.6) is 0 Å². The van der Waals surface area contributed by atoms with Crippen molar-refractivity contribution in [2.24, 2.45) is 0 Å². The quantitative estimate of drug-likeness (QED) is 0.432. The van der Waals surface area contributed by atoms with Gasteiger partial charge in [-0.05, 0) is 37.6 Å². The second kappa shape index (κ2) is 9.76. The number of amides is 1. The number of methoxy groups -OCH3 is 1. The average Bonchev–Trinajstić information content (AvgIpc) is 2.86. The van der Waals surface area contributed by atoms with Gasteiger partial charge in [-0.3, -0.25) is 9.59 Å². The van der Waals surface area contributed by atoms with Gasteiger partial charge < -0.3 is 10.1 Å². The molecular weight excluding hydrogens is 448 g/mol. The highest BCUT2D eigenvalue weighted by Gasteiger charge is 2.24. The van der Waals surface area contributed by atoms with Crippen molar-refractivity contribution in [3.63, 3.8) is 0 Å². The van der Waals surface area contributed by atoms with Crippen molar-refractivity contribution in [1.82, 2.24) is 19.4 Å². The second-order valence-corrected chi connectivity index (χ2v) is 8.05. The Hall–Kier alpha value is -4.53. The fourth-order valence-electron chi connectivity index (χ4n) is 3.94. The Bertz CT molecular complexity index is 1530. The summed E-state index contributed by atoms with van der Waals surface area (Å²) in [6.07, 6.45) is 0. The van der Waals surface area contributed by atoms with E-state index in [0.29, 0.717) is 11.4 Å². The van der Waals surface area contributed by atoms with Gasteiger partial charge in [0.1, 0.15) is 6.54 Å². The summed E-state index contributed by atoms with van der Waals surface area (Å²) in [6, 6.07) is 19.0. The lowest BCUT2D eigenvalue weighted by Crippen LogP contribution is -2.44. The third-order valence-corrected chi connectivity index (χ3v) is 5.62. The summed E-state index contributed by atoms with van der Waals surface area (Å²) in [5.41, 5.74) is 0.174. The average molecular weight is 473 g/mol. The molecule has 2 aromatic heterocycles. The molecule has 178 valence electrons. The minimum atomic E-state index is -0.799. The highest BCUT2D eigenvalue weighted by molar-refractivity contribution is 6.02. The summed E-state index contributed by atoms with van der Waals surface area (Å²) in [6.45, 7) is 2.92. The Morgan fingerprint density at radius 2 is 1.66 bits per heavy atom. The lowest BCUT2D eigenvalue weighted by molar-refractivity contribution is -0.122. The number of aryl methyl sites for hydroxylation is 1. The molecule has 1 unspecified atom stereocenters. The number of ether oxygens (including phenoxy) is 1. The molecule has 0 spiro atoms. The van der Waals surface area contributed by atoms with Crippen LogP contribution in [0.3, 0.4) is 0 Å². The van der Waals surface area contributed by atoms with Crippen molar-refractivity contribution < 1.29 is 14.3 Å². The Kier molecular flexibility index (Phi) is 6.59. The van der Waals surface area contributed by atoms with E-state index < -0.39 is 29.7 Å². The maximum absolute atomic E-state index is 13.5. The highest BCUT2D eigenvalue weighted by atomic mass is 16.5. The van der Waals surface area contributed by atoms with E-state index in [4.69, 9.17) is 4.74 Å². The Balaban J connectivity index is 1.90. The summed E-state index contributed by atoms with van der Waals surface area (Å²) < 4.78 is 6.91. The number of pyridine rings is 1. The zero-order chi connectivity index (χ0) is 25.1. The number of hydrogen-bond donors (Lipinski definition) is 1. The second-order valence-electron chi connectivity index (χ2n) is 8.05. The van der Waals surface area contributed by atoms with Crippen LogP contribution in [0.25, 0.3) is 16.7 Å². The third-order valence-electron chi connectivity index (χ3n) is 5.62. The Labute approximate surface area is 200 Å². The molecule has 0 bridgehead atoms. The van der Waals surface area contributed by atoms with E-state index in [1.807, 2.05) is 30.3 Å². The van der Waals surface area contributed by atoms with E-state index in [9.17, 15) is 19.2 Å². The van der Waals surface area contributed by atoms with Gasteiger partial charge in [0.2, 0.25) is 5.91 Å². The van der Waals surface area contributed by atoms with Crippen LogP contribution in [0.4, 0.5) is 0 Å². The van der Waals surface area contributed by atoms with E-state index in [1.165, 1.54) is 17.7 Å². The first-order valence-corrected chi connectivity index (χ1v) is 11.0. The lowest BCUT2D eigenvalue weighted by atomic mass is 10.1. The smallest absolute Gasteiger partial charge is 0.338 e. The van der Waals surface area contributed by atoms with Crippen LogP contribution in [0.2, 0.25) is 0 Å². The molecule has 0 saturated carbocycles. The first-order valence-electron chi connectivity index (χ1n) is 11.0. The van der Waals surface area contributed by atoms with Gasteiger partial charge in [-0.15, -0.1) is 0 Å². The van der Waals surface area contributed by atoms with E-state index in [-0.39, 0.29) is 22.6 Å². The maximum atomic E-state index is 13.5. The molecule has 0 aliphatic carbocycles. The standard InChI is InChI=1S/C26H24N4O5/c1-16-14-20(25(33)35-3)22-23(27-16)30(19-12-8-5-9-13-19)26(34)29(24(22)32)15-21(31)28-17(2)18-10-6-4-7-11-18/h4-14,17H,15H2,1-3H3,(H,28,31). The van der Waals surface area contributed by atoms with Gasteiger partial charge in [0.15, 0.2) is 5.65 Å². The maximum Gasteiger partial charge on any atom is 0.338 e. The van der Waals surface area contributed by atoms with Gasteiger partial charge in [-0.2, -0.15) is 0 Å². The first kappa shape index (κ1) is 23.6. The van der Waals surface area contributed by atoms with Crippen LogP contribution in [-0.2, 0) is 16.1 Å². The number of aromatic nitrogens is 3. The first-order chi connectivity index (χ1) is 16.8. The van der Waals surface area contributed by atoms with E-state index in [2.05, 4.69) is 10.3 Å². The minimum Gasteiger partial charge on any atom is -0.465 e. The number of nitrogens with zero attached hydrogens (tertiary/aromatic N) is 3. The van der Waals surface area contributed by atoms with E-state index >= 15 is 0 Å². The number of benzene rings is 2. The van der Waals surface area contributed by atoms with Gasteiger partial charge in [-0.1, -0.05) is 48.5 Å². The van der Waals surface area contributed by atoms with E-state index in [1.54, 1.807) is 44.2 Å². The molecule has 4 aromatic rings. The monoisotopic (exact) mass is 472 g/mol. The highest BCUT2D eigenvalue weighted by Crippen LogP contribution is 2.18. The summed E-state index contributed by atoms with van der Waals surface area (Å²) in [5.74, 6) is -1.27. The van der Waals surface area contributed by atoms with Gasteiger partial charge in [0, 0.05) is 5.69 Å². The minimum absolute atomic E-state index is 0.0147. The van der Waals surface area contributed by atoms with Gasteiger partial charge in [-0.25, -0.2) is 23.7 Å². The zero-order valence-corrected chi connectivity index (χ0v) is 19.5. The van der Waals surface area contributed by atoms with Crippen molar-refractivity contribution in [3.8, 4) is 5.69 Å². The van der Waals surface area contributed by atoms with Crippen LogP contribution in [0, 0.1) is 6.92 Å². The van der Waals surface area contributed by atoms with Crippen molar-refractivity contribution in [1.29, 1.82) is 0 Å². The fraction of sp³-hybridized carbons (Fsp3) is 0.192. The van der Waals surface area contributed by atoms with Crippen molar-refractivity contribution in [2.75, 3.05) is 7.11 Å². The number of para-hydroxylation sites is 1. The van der Waals surface area contributed by atoms with Crippen LogP contribution in [0.15, 0.2) is 76.3 Å².